The van der Waals surface area contributed by atoms with E-state index in [1.54, 1.807) is 12.1 Å². The molecule has 0 saturated heterocycles. The summed E-state index contributed by atoms with van der Waals surface area (Å²) in [6.45, 7) is 3.78. The van der Waals surface area contributed by atoms with Crippen LogP contribution in [-0.2, 0) is 6.61 Å². The summed E-state index contributed by atoms with van der Waals surface area (Å²) in [5.74, 6) is 0.0927. The average molecular weight is 194 g/mol. The highest BCUT2D eigenvalue weighted by Gasteiger charge is 2.08. The first-order valence-electron chi connectivity index (χ1n) is 4.29. The van der Waals surface area contributed by atoms with E-state index in [0.29, 0.717) is 5.56 Å². The lowest BCUT2D eigenvalue weighted by Crippen LogP contribution is -2.15. The predicted octanol–water partition coefficient (Wildman–Crippen LogP) is 0.890. The van der Waals surface area contributed by atoms with Crippen LogP contribution in [-0.4, -0.2) is 16.1 Å². The summed E-state index contributed by atoms with van der Waals surface area (Å²) < 4.78 is 0. The second-order valence-electron chi connectivity index (χ2n) is 3.17. The molecule has 1 aromatic rings. The molecule has 0 aromatic heterocycles. The molecule has 0 unspecified atom stereocenters. The topological polar surface area (TPSA) is 78.8 Å². The van der Waals surface area contributed by atoms with Crippen LogP contribution in [0.5, 0.6) is 0 Å². The molecule has 4 heteroatoms. The zero-order chi connectivity index (χ0) is 10.7. The van der Waals surface area contributed by atoms with Crippen molar-refractivity contribution in [2.45, 2.75) is 20.5 Å². The molecule has 0 amide bonds. The fraction of sp³-hybridized carbons (Fsp3) is 0.300. The monoisotopic (exact) mass is 194 g/mol. The van der Waals surface area contributed by atoms with Gasteiger partial charge < -0.3 is 16.0 Å². The van der Waals surface area contributed by atoms with Gasteiger partial charge >= 0.3 is 0 Å². The third kappa shape index (κ3) is 1.70. The second-order valence-corrected chi connectivity index (χ2v) is 3.17. The Bertz CT molecular complexity index is 373. The van der Waals surface area contributed by atoms with Gasteiger partial charge in [-0.15, -0.1) is 0 Å². The lowest BCUT2D eigenvalue weighted by molar-refractivity contribution is 0.281. The van der Waals surface area contributed by atoms with Crippen molar-refractivity contribution >= 4 is 5.84 Å². The van der Waals surface area contributed by atoms with Crippen LogP contribution in [0.2, 0.25) is 0 Å². The number of nitrogens with zero attached hydrogens (tertiary/aromatic N) is 1. The van der Waals surface area contributed by atoms with Crippen LogP contribution in [0.15, 0.2) is 17.3 Å². The predicted molar refractivity (Wildman–Crippen MR) is 54.3 cm³/mol. The van der Waals surface area contributed by atoms with E-state index in [4.69, 9.17) is 16.0 Å². The summed E-state index contributed by atoms with van der Waals surface area (Å²) in [6.07, 6.45) is 0. The lowest BCUT2D eigenvalue weighted by atomic mass is 9.98. The van der Waals surface area contributed by atoms with Gasteiger partial charge in [0.15, 0.2) is 5.84 Å². The Labute approximate surface area is 82.7 Å². The van der Waals surface area contributed by atoms with Crippen molar-refractivity contribution in [3.05, 3.63) is 34.4 Å². The molecule has 0 aliphatic heterocycles. The molecule has 0 aliphatic carbocycles. The van der Waals surface area contributed by atoms with E-state index < -0.39 is 0 Å². The average Bonchev–Trinajstić information content (AvgIpc) is 2.21. The van der Waals surface area contributed by atoms with Gasteiger partial charge in [0.05, 0.1) is 6.61 Å². The molecule has 4 nitrogen and oxygen atoms in total. The Hall–Kier alpha value is -1.55. The Morgan fingerprint density at radius 3 is 2.50 bits per heavy atom. The maximum absolute atomic E-state index is 9.02. The zero-order valence-electron chi connectivity index (χ0n) is 8.28. The zero-order valence-corrected chi connectivity index (χ0v) is 8.28. The minimum absolute atomic E-state index is 0.00310. The number of aliphatic hydroxyl groups excluding tert-OH is 1. The standard InChI is InChI=1S/C10H14N2O2/c1-6-7(2)9(10(11)12-14)4-3-8(6)5-13/h3-4,13-14H,5H2,1-2H3,(H2,11,12). The number of aliphatic hydroxyl groups is 1. The van der Waals surface area contributed by atoms with Crippen LogP contribution in [0.4, 0.5) is 0 Å². The van der Waals surface area contributed by atoms with E-state index in [-0.39, 0.29) is 12.4 Å². The van der Waals surface area contributed by atoms with Crippen LogP contribution in [0.1, 0.15) is 22.3 Å². The van der Waals surface area contributed by atoms with E-state index >= 15 is 0 Å². The van der Waals surface area contributed by atoms with Crippen LogP contribution < -0.4 is 5.73 Å². The van der Waals surface area contributed by atoms with Crippen molar-refractivity contribution in [2.24, 2.45) is 10.9 Å². The van der Waals surface area contributed by atoms with Crippen LogP contribution in [0.3, 0.4) is 0 Å². The van der Waals surface area contributed by atoms with Crippen LogP contribution in [0.25, 0.3) is 0 Å². The Balaban J connectivity index is 3.31. The minimum Gasteiger partial charge on any atom is -0.409 e. The number of hydrogen-bond acceptors (Lipinski definition) is 3. The first-order chi connectivity index (χ1) is 6.61. The Morgan fingerprint density at radius 2 is 2.00 bits per heavy atom. The smallest absolute Gasteiger partial charge is 0.170 e. The highest BCUT2D eigenvalue weighted by Crippen LogP contribution is 2.17. The van der Waals surface area contributed by atoms with Crippen molar-refractivity contribution in [1.82, 2.24) is 0 Å². The van der Waals surface area contributed by atoms with Gasteiger partial charge in [-0.1, -0.05) is 17.3 Å². The van der Waals surface area contributed by atoms with E-state index in [1.807, 2.05) is 13.8 Å². The van der Waals surface area contributed by atoms with Gasteiger partial charge in [-0.05, 0) is 30.5 Å². The molecule has 0 aliphatic rings. The maximum atomic E-state index is 9.02. The fourth-order valence-corrected chi connectivity index (χ4v) is 1.38. The van der Waals surface area contributed by atoms with E-state index in [1.165, 1.54) is 0 Å². The number of benzene rings is 1. The lowest BCUT2D eigenvalue weighted by Gasteiger charge is -2.10. The molecule has 14 heavy (non-hydrogen) atoms. The van der Waals surface area contributed by atoms with E-state index in [2.05, 4.69) is 5.16 Å². The summed E-state index contributed by atoms with van der Waals surface area (Å²) in [5, 5.41) is 20.5. The number of nitrogens with two attached hydrogens (primary N) is 1. The first-order valence-corrected chi connectivity index (χ1v) is 4.29. The van der Waals surface area contributed by atoms with Crippen molar-refractivity contribution < 1.29 is 10.3 Å². The molecule has 1 aromatic carbocycles. The molecule has 0 spiro atoms. The molecular weight excluding hydrogens is 180 g/mol. The fourth-order valence-electron chi connectivity index (χ4n) is 1.38. The quantitative estimate of drug-likeness (QED) is 0.283. The third-order valence-electron chi connectivity index (χ3n) is 2.45. The number of oxime groups is 1. The number of rotatable bonds is 2. The summed E-state index contributed by atoms with van der Waals surface area (Å²) in [6, 6.07) is 3.51. The normalized spacial score (nSPS) is 11.8. The summed E-state index contributed by atoms with van der Waals surface area (Å²) >= 11 is 0. The molecule has 0 bridgehead atoms. The van der Waals surface area contributed by atoms with Gasteiger partial charge in [-0.3, -0.25) is 0 Å². The minimum atomic E-state index is 0.00310. The van der Waals surface area contributed by atoms with Gasteiger partial charge in [-0.25, -0.2) is 0 Å². The van der Waals surface area contributed by atoms with Gasteiger partial charge in [0.25, 0.3) is 0 Å². The van der Waals surface area contributed by atoms with E-state index in [0.717, 1.165) is 16.7 Å². The summed E-state index contributed by atoms with van der Waals surface area (Å²) in [4.78, 5) is 0. The number of hydrogen-bond donors (Lipinski definition) is 3. The maximum Gasteiger partial charge on any atom is 0.170 e. The van der Waals surface area contributed by atoms with Crippen molar-refractivity contribution in [3.63, 3.8) is 0 Å². The SMILES string of the molecule is Cc1c(CO)ccc(C(N)=NO)c1C. The van der Waals surface area contributed by atoms with Crippen LogP contribution >= 0.6 is 0 Å². The van der Waals surface area contributed by atoms with Gasteiger partial charge in [-0.2, -0.15) is 0 Å². The van der Waals surface area contributed by atoms with Gasteiger partial charge in [0.1, 0.15) is 0 Å². The van der Waals surface area contributed by atoms with E-state index in [9.17, 15) is 0 Å². The van der Waals surface area contributed by atoms with Crippen molar-refractivity contribution in [1.29, 1.82) is 0 Å². The van der Waals surface area contributed by atoms with Crippen molar-refractivity contribution in [2.75, 3.05) is 0 Å². The van der Waals surface area contributed by atoms with Crippen molar-refractivity contribution in [3.8, 4) is 0 Å². The number of amidine groups is 1. The Morgan fingerprint density at radius 1 is 1.36 bits per heavy atom. The Kier molecular flexibility index (Phi) is 3.09. The molecule has 0 atom stereocenters. The molecule has 76 valence electrons. The molecule has 4 N–H and O–H groups in total. The molecule has 0 heterocycles. The van der Waals surface area contributed by atoms with Crippen LogP contribution in [0, 0.1) is 13.8 Å². The molecule has 1 rings (SSSR count). The summed E-state index contributed by atoms with van der Waals surface area (Å²) in [5.41, 5.74) is 8.94. The molecular formula is C10H14N2O2. The van der Waals surface area contributed by atoms with Gasteiger partial charge in [0, 0.05) is 5.56 Å². The summed E-state index contributed by atoms with van der Waals surface area (Å²) in [7, 11) is 0. The second kappa shape index (κ2) is 4.11. The first kappa shape index (κ1) is 10.5. The highest BCUT2D eigenvalue weighted by atomic mass is 16.4. The molecule has 0 saturated carbocycles. The van der Waals surface area contributed by atoms with Gasteiger partial charge in [0.2, 0.25) is 0 Å². The third-order valence-corrected chi connectivity index (χ3v) is 2.45. The highest BCUT2D eigenvalue weighted by molar-refractivity contribution is 5.98. The largest absolute Gasteiger partial charge is 0.409 e. The molecule has 0 radical (unpaired) electrons. The molecule has 0 fully saturated rings.